The van der Waals surface area contributed by atoms with Crippen LogP contribution in [0, 0.1) is 0 Å². The normalized spacial score (nSPS) is 10.3. The smallest absolute Gasteiger partial charge is 0.246 e. The third-order valence-corrected chi connectivity index (χ3v) is 2.72. The number of benzene rings is 1. The molecule has 0 aliphatic carbocycles. The molecule has 1 aromatic carbocycles. The van der Waals surface area contributed by atoms with Gasteiger partial charge in [0, 0.05) is 16.9 Å². The van der Waals surface area contributed by atoms with Crippen LogP contribution < -0.4 is 11.1 Å². The van der Waals surface area contributed by atoms with E-state index in [2.05, 4.69) is 10.4 Å². The van der Waals surface area contributed by atoms with Gasteiger partial charge in [-0.2, -0.15) is 5.10 Å². The summed E-state index contributed by atoms with van der Waals surface area (Å²) in [6.45, 7) is 0.0412. The van der Waals surface area contributed by atoms with Gasteiger partial charge in [0.1, 0.15) is 11.6 Å². The van der Waals surface area contributed by atoms with Gasteiger partial charge in [0.2, 0.25) is 5.91 Å². The van der Waals surface area contributed by atoms with Crippen LogP contribution in [0.2, 0.25) is 10.0 Å². The Kier molecular flexibility index (Phi) is 3.74. The molecule has 1 heterocycles. The first kappa shape index (κ1) is 12.7. The Hall–Kier alpha value is -1.72. The lowest BCUT2D eigenvalue weighted by molar-refractivity contribution is -0.116. The summed E-state index contributed by atoms with van der Waals surface area (Å²) in [5.74, 6) is -0.0209. The number of nitrogens with one attached hydrogen (secondary N) is 1. The number of anilines is 2. The number of halogens is 2. The zero-order valence-corrected chi connectivity index (χ0v) is 10.7. The first-order valence-electron chi connectivity index (χ1n) is 5.08. The Morgan fingerprint density at radius 3 is 2.56 bits per heavy atom. The quantitative estimate of drug-likeness (QED) is 0.909. The Balaban J connectivity index is 1.98. The summed E-state index contributed by atoms with van der Waals surface area (Å²) in [6.07, 6.45) is 1.50. The van der Waals surface area contributed by atoms with E-state index in [1.54, 1.807) is 24.3 Å². The number of hydrogen-bond donors (Lipinski definition) is 2. The number of carbonyl (C=O) groups excluding carboxylic acids is 1. The number of hydrogen-bond acceptors (Lipinski definition) is 3. The maximum atomic E-state index is 11.7. The van der Waals surface area contributed by atoms with Gasteiger partial charge in [0.15, 0.2) is 5.82 Å². The van der Waals surface area contributed by atoms with E-state index in [1.165, 1.54) is 10.9 Å². The molecule has 0 saturated carbocycles. The lowest BCUT2D eigenvalue weighted by Gasteiger charge is -2.05. The molecule has 18 heavy (non-hydrogen) atoms. The van der Waals surface area contributed by atoms with Crippen LogP contribution in [0.15, 0.2) is 30.5 Å². The largest absolute Gasteiger partial charge is 0.381 e. The van der Waals surface area contributed by atoms with Gasteiger partial charge in [-0.05, 0) is 24.3 Å². The first-order valence-corrected chi connectivity index (χ1v) is 5.84. The molecule has 0 fully saturated rings. The van der Waals surface area contributed by atoms with E-state index >= 15 is 0 Å². The van der Waals surface area contributed by atoms with Crippen LogP contribution in [0.1, 0.15) is 0 Å². The highest BCUT2D eigenvalue weighted by atomic mass is 35.5. The van der Waals surface area contributed by atoms with Crippen LogP contribution in [-0.4, -0.2) is 15.7 Å². The van der Waals surface area contributed by atoms with Gasteiger partial charge >= 0.3 is 0 Å². The Bertz CT molecular complexity index is 545. The van der Waals surface area contributed by atoms with Crippen LogP contribution in [0.5, 0.6) is 0 Å². The topological polar surface area (TPSA) is 72.9 Å². The molecule has 0 aliphatic heterocycles. The summed E-state index contributed by atoms with van der Waals surface area (Å²) >= 11 is 11.5. The van der Waals surface area contributed by atoms with Gasteiger partial charge in [0.05, 0.1) is 0 Å². The minimum atomic E-state index is -0.225. The average Bonchev–Trinajstić information content (AvgIpc) is 2.61. The molecule has 0 spiro atoms. The van der Waals surface area contributed by atoms with Crippen molar-refractivity contribution in [3.63, 3.8) is 0 Å². The molecule has 0 bridgehead atoms. The van der Waals surface area contributed by atoms with E-state index in [1.807, 2.05) is 0 Å². The minimum Gasteiger partial charge on any atom is -0.381 e. The molecular weight excluding hydrogens is 275 g/mol. The van der Waals surface area contributed by atoms with Crippen molar-refractivity contribution in [2.45, 2.75) is 6.54 Å². The van der Waals surface area contributed by atoms with Crippen LogP contribution >= 0.6 is 23.2 Å². The maximum absolute atomic E-state index is 11.7. The average molecular weight is 285 g/mol. The van der Waals surface area contributed by atoms with E-state index in [4.69, 9.17) is 28.9 Å². The van der Waals surface area contributed by atoms with Crippen molar-refractivity contribution in [3.05, 3.63) is 40.5 Å². The molecule has 7 heteroatoms. The maximum Gasteiger partial charge on any atom is 0.246 e. The highest BCUT2D eigenvalue weighted by molar-refractivity contribution is 6.32. The molecule has 3 N–H and O–H groups in total. The number of nitrogen functional groups attached to an aromatic ring is 1. The molecule has 5 nitrogen and oxygen atoms in total. The highest BCUT2D eigenvalue weighted by Gasteiger charge is 2.07. The summed E-state index contributed by atoms with van der Waals surface area (Å²) < 4.78 is 1.38. The third kappa shape index (κ3) is 3.15. The lowest BCUT2D eigenvalue weighted by Crippen LogP contribution is -2.19. The molecule has 0 unspecified atom stereocenters. The molecule has 0 atom stereocenters. The van der Waals surface area contributed by atoms with Crippen LogP contribution in [0.25, 0.3) is 0 Å². The number of carbonyl (C=O) groups is 1. The fourth-order valence-corrected chi connectivity index (χ4v) is 1.65. The second-order valence-corrected chi connectivity index (χ2v) is 4.46. The highest BCUT2D eigenvalue weighted by Crippen LogP contribution is 2.16. The Labute approximate surface area is 113 Å². The Morgan fingerprint density at radius 1 is 1.33 bits per heavy atom. The number of amides is 1. The van der Waals surface area contributed by atoms with Crippen LogP contribution in [0.3, 0.4) is 0 Å². The van der Waals surface area contributed by atoms with Crippen molar-refractivity contribution in [3.8, 4) is 0 Å². The predicted octanol–water partition coefficient (Wildman–Crippen LogP) is 2.41. The van der Waals surface area contributed by atoms with E-state index in [-0.39, 0.29) is 18.3 Å². The van der Waals surface area contributed by atoms with E-state index in [0.29, 0.717) is 15.7 Å². The minimum absolute atomic E-state index is 0.0412. The summed E-state index contributed by atoms with van der Waals surface area (Å²) in [4.78, 5) is 11.7. The molecule has 94 valence electrons. The lowest BCUT2D eigenvalue weighted by atomic mass is 10.3. The van der Waals surface area contributed by atoms with Crippen molar-refractivity contribution in [2.24, 2.45) is 0 Å². The molecule has 1 aromatic heterocycles. The molecular formula is C11H10Cl2N4O. The van der Waals surface area contributed by atoms with Crippen molar-refractivity contribution in [1.82, 2.24) is 9.78 Å². The van der Waals surface area contributed by atoms with E-state index in [0.717, 1.165) is 0 Å². The molecule has 0 radical (unpaired) electrons. The van der Waals surface area contributed by atoms with Crippen molar-refractivity contribution >= 4 is 40.6 Å². The summed E-state index contributed by atoms with van der Waals surface area (Å²) in [5, 5.41) is 7.53. The first-order chi connectivity index (χ1) is 8.54. The molecule has 1 amide bonds. The van der Waals surface area contributed by atoms with E-state index < -0.39 is 0 Å². The fourth-order valence-electron chi connectivity index (χ4n) is 1.37. The fraction of sp³-hybridized carbons (Fsp3) is 0.0909. The summed E-state index contributed by atoms with van der Waals surface area (Å²) in [7, 11) is 0. The third-order valence-electron chi connectivity index (χ3n) is 2.18. The number of aromatic nitrogens is 2. The summed E-state index contributed by atoms with van der Waals surface area (Å²) in [5.41, 5.74) is 6.14. The number of nitrogens with zero attached hydrogens (tertiary/aromatic N) is 2. The standard InChI is InChI=1S/C11H10Cl2N4O/c12-7-1-3-8(4-2-7)15-10(18)6-17-5-9(13)11(14)16-17/h1-5H,6H2,(H2,14,16)(H,15,18). The predicted molar refractivity (Wildman–Crippen MR) is 71.7 cm³/mol. The van der Waals surface area contributed by atoms with Crippen molar-refractivity contribution in [1.29, 1.82) is 0 Å². The monoisotopic (exact) mass is 284 g/mol. The number of rotatable bonds is 3. The molecule has 2 aromatic rings. The van der Waals surface area contributed by atoms with E-state index in [9.17, 15) is 4.79 Å². The second kappa shape index (κ2) is 5.29. The summed E-state index contributed by atoms with van der Waals surface area (Å²) in [6, 6.07) is 6.81. The van der Waals surface area contributed by atoms with Gasteiger partial charge in [-0.15, -0.1) is 0 Å². The zero-order chi connectivity index (χ0) is 13.1. The second-order valence-electron chi connectivity index (χ2n) is 3.61. The van der Waals surface area contributed by atoms with Crippen molar-refractivity contribution in [2.75, 3.05) is 11.1 Å². The zero-order valence-electron chi connectivity index (χ0n) is 9.23. The van der Waals surface area contributed by atoms with Crippen LogP contribution in [0.4, 0.5) is 11.5 Å². The van der Waals surface area contributed by atoms with Gasteiger partial charge in [-0.1, -0.05) is 23.2 Å². The molecule has 0 aliphatic rings. The SMILES string of the molecule is Nc1nn(CC(=O)Nc2ccc(Cl)cc2)cc1Cl. The van der Waals surface area contributed by atoms with Crippen LogP contribution in [-0.2, 0) is 11.3 Å². The molecule has 0 saturated heterocycles. The van der Waals surface area contributed by atoms with Gasteiger partial charge in [-0.3, -0.25) is 9.48 Å². The van der Waals surface area contributed by atoms with Gasteiger partial charge < -0.3 is 11.1 Å². The van der Waals surface area contributed by atoms with Gasteiger partial charge in [0.25, 0.3) is 0 Å². The number of nitrogens with two attached hydrogens (primary N) is 1. The molecule has 2 rings (SSSR count). The van der Waals surface area contributed by atoms with Crippen molar-refractivity contribution < 1.29 is 4.79 Å². The van der Waals surface area contributed by atoms with Gasteiger partial charge in [-0.25, -0.2) is 0 Å². The Morgan fingerprint density at radius 2 is 2.00 bits per heavy atom.